The number of carbonyl (C=O) groups is 1. The number of hydrogen-bond acceptors (Lipinski definition) is 3. The van der Waals surface area contributed by atoms with Crippen molar-refractivity contribution in [3.05, 3.63) is 36.0 Å². The second kappa shape index (κ2) is 4.92. The molecule has 1 aromatic heterocycles. The molecule has 1 amide bonds. The van der Waals surface area contributed by atoms with Gasteiger partial charge in [0.05, 0.1) is 0 Å². The van der Waals surface area contributed by atoms with E-state index in [2.05, 4.69) is 0 Å². The number of nitrogens with two attached hydrogens (primary N) is 2. The van der Waals surface area contributed by atoms with Crippen molar-refractivity contribution in [2.75, 3.05) is 13.1 Å². The number of carbonyl (C=O) groups excluding carboxylic acids is 1. The van der Waals surface area contributed by atoms with Crippen LogP contribution in [0, 0.1) is 0 Å². The highest BCUT2D eigenvalue weighted by Gasteiger charge is 2.32. The van der Waals surface area contributed by atoms with Crippen molar-refractivity contribution in [3.63, 3.8) is 0 Å². The van der Waals surface area contributed by atoms with Crippen LogP contribution in [0.15, 0.2) is 30.3 Å². The van der Waals surface area contributed by atoms with Gasteiger partial charge < -0.3 is 20.9 Å². The van der Waals surface area contributed by atoms with Gasteiger partial charge in [0.15, 0.2) is 0 Å². The van der Waals surface area contributed by atoms with E-state index >= 15 is 0 Å². The van der Waals surface area contributed by atoms with E-state index in [1.165, 1.54) is 0 Å². The Morgan fingerprint density at radius 3 is 2.55 bits per heavy atom. The molecule has 4 N–H and O–H groups in total. The van der Waals surface area contributed by atoms with E-state index < -0.39 is 0 Å². The second-order valence-electron chi connectivity index (χ2n) is 5.37. The molecular formula is C15H20N4O. The summed E-state index contributed by atoms with van der Waals surface area (Å²) in [6, 6.07) is 9.74. The quantitative estimate of drug-likeness (QED) is 0.847. The van der Waals surface area contributed by atoms with Gasteiger partial charge in [-0.05, 0) is 19.1 Å². The van der Waals surface area contributed by atoms with Gasteiger partial charge in [-0.2, -0.15) is 0 Å². The summed E-state index contributed by atoms with van der Waals surface area (Å²) in [5, 5.41) is 1.09. The molecule has 0 saturated carbocycles. The molecule has 1 aliphatic heterocycles. The molecule has 5 nitrogen and oxygen atoms in total. The normalized spacial score (nSPS) is 22.6. The Labute approximate surface area is 118 Å². The van der Waals surface area contributed by atoms with Crippen LogP contribution in [0.25, 0.3) is 10.9 Å². The SMILES string of the molecule is CCn1c(C(=O)N2C[C@@H](N)[C@H](N)C2)cc2ccccc21. The van der Waals surface area contributed by atoms with Gasteiger partial charge in [0.25, 0.3) is 5.91 Å². The van der Waals surface area contributed by atoms with Gasteiger partial charge in [-0.15, -0.1) is 0 Å². The van der Waals surface area contributed by atoms with Crippen LogP contribution in [0.2, 0.25) is 0 Å². The Morgan fingerprint density at radius 1 is 1.25 bits per heavy atom. The van der Waals surface area contributed by atoms with Crippen molar-refractivity contribution in [3.8, 4) is 0 Å². The molecule has 1 fully saturated rings. The maximum Gasteiger partial charge on any atom is 0.270 e. The number of para-hydroxylation sites is 1. The lowest BCUT2D eigenvalue weighted by atomic mass is 10.2. The minimum atomic E-state index is -0.126. The van der Waals surface area contributed by atoms with Crippen molar-refractivity contribution >= 4 is 16.8 Å². The lowest BCUT2D eigenvalue weighted by Gasteiger charge is -2.17. The summed E-state index contributed by atoms with van der Waals surface area (Å²) in [5.74, 6) is 0.0199. The van der Waals surface area contributed by atoms with Crippen LogP contribution < -0.4 is 11.5 Å². The van der Waals surface area contributed by atoms with Gasteiger partial charge in [-0.25, -0.2) is 0 Å². The zero-order chi connectivity index (χ0) is 14.3. The fraction of sp³-hybridized carbons (Fsp3) is 0.400. The van der Waals surface area contributed by atoms with E-state index in [1.807, 2.05) is 41.8 Å². The van der Waals surface area contributed by atoms with Crippen LogP contribution >= 0.6 is 0 Å². The minimum absolute atomic E-state index is 0.0199. The zero-order valence-electron chi connectivity index (χ0n) is 11.6. The highest BCUT2D eigenvalue weighted by molar-refractivity contribution is 5.99. The molecule has 3 rings (SSSR count). The van der Waals surface area contributed by atoms with Gasteiger partial charge in [0.1, 0.15) is 5.69 Å². The second-order valence-corrected chi connectivity index (χ2v) is 5.37. The molecule has 0 unspecified atom stereocenters. The van der Waals surface area contributed by atoms with Crippen LogP contribution in [0.1, 0.15) is 17.4 Å². The Bertz CT molecular complexity index is 638. The van der Waals surface area contributed by atoms with Crippen LogP contribution in [-0.2, 0) is 6.54 Å². The predicted octanol–water partition coefficient (Wildman–Crippen LogP) is 0.772. The number of aromatic nitrogens is 1. The summed E-state index contributed by atoms with van der Waals surface area (Å²) in [6.45, 7) is 3.88. The molecule has 2 aromatic rings. The summed E-state index contributed by atoms with van der Waals surface area (Å²) in [6.07, 6.45) is 0. The van der Waals surface area contributed by atoms with Gasteiger partial charge in [0, 0.05) is 42.6 Å². The van der Waals surface area contributed by atoms with Crippen LogP contribution in [0.3, 0.4) is 0 Å². The van der Waals surface area contributed by atoms with Gasteiger partial charge >= 0.3 is 0 Å². The summed E-state index contributed by atoms with van der Waals surface area (Å²) >= 11 is 0. The molecule has 20 heavy (non-hydrogen) atoms. The van der Waals surface area contributed by atoms with Crippen molar-refractivity contribution in [1.29, 1.82) is 0 Å². The maximum absolute atomic E-state index is 12.7. The average Bonchev–Trinajstić information content (AvgIpc) is 2.99. The fourth-order valence-electron chi connectivity index (χ4n) is 2.91. The zero-order valence-corrected chi connectivity index (χ0v) is 11.6. The smallest absolute Gasteiger partial charge is 0.270 e. The third-order valence-corrected chi connectivity index (χ3v) is 4.05. The van der Waals surface area contributed by atoms with E-state index in [0.717, 1.165) is 23.1 Å². The van der Waals surface area contributed by atoms with E-state index in [4.69, 9.17) is 11.5 Å². The molecule has 2 atom stereocenters. The lowest BCUT2D eigenvalue weighted by molar-refractivity contribution is 0.0779. The number of rotatable bonds is 2. The Balaban J connectivity index is 1.99. The lowest BCUT2D eigenvalue weighted by Crippen LogP contribution is -2.39. The number of amides is 1. The first-order valence-electron chi connectivity index (χ1n) is 7.00. The van der Waals surface area contributed by atoms with Gasteiger partial charge in [0.2, 0.25) is 0 Å². The van der Waals surface area contributed by atoms with Gasteiger partial charge in [-0.3, -0.25) is 4.79 Å². The molecule has 1 saturated heterocycles. The average molecular weight is 272 g/mol. The van der Waals surface area contributed by atoms with Crippen molar-refractivity contribution in [1.82, 2.24) is 9.47 Å². The number of aryl methyl sites for hydroxylation is 1. The molecule has 0 spiro atoms. The maximum atomic E-state index is 12.7. The van der Waals surface area contributed by atoms with Crippen LogP contribution in [0.4, 0.5) is 0 Å². The molecule has 0 bridgehead atoms. The monoisotopic (exact) mass is 272 g/mol. The first kappa shape index (κ1) is 13.1. The Kier molecular flexibility index (Phi) is 3.23. The number of benzene rings is 1. The summed E-state index contributed by atoms with van der Waals surface area (Å²) in [7, 11) is 0. The molecule has 5 heteroatoms. The third-order valence-electron chi connectivity index (χ3n) is 4.05. The summed E-state index contributed by atoms with van der Waals surface area (Å²) < 4.78 is 2.05. The number of nitrogens with zero attached hydrogens (tertiary/aromatic N) is 2. The standard InChI is InChI=1S/C15H20N4O/c1-2-19-13-6-4-3-5-10(13)7-14(19)15(20)18-8-11(16)12(17)9-18/h3-7,11-12H,2,8-9,16-17H2,1H3/t11-,12-/m1/s1. The Hall–Kier alpha value is -1.85. The topological polar surface area (TPSA) is 77.3 Å². The minimum Gasteiger partial charge on any atom is -0.337 e. The molecule has 0 radical (unpaired) electrons. The number of fused-ring (bicyclic) bond motifs is 1. The van der Waals surface area contributed by atoms with E-state index in [-0.39, 0.29) is 18.0 Å². The molecule has 1 aromatic carbocycles. The molecule has 0 aliphatic carbocycles. The van der Waals surface area contributed by atoms with E-state index in [0.29, 0.717) is 13.1 Å². The summed E-state index contributed by atoms with van der Waals surface area (Å²) in [5.41, 5.74) is 13.6. The first-order valence-corrected chi connectivity index (χ1v) is 7.00. The summed E-state index contributed by atoms with van der Waals surface area (Å²) in [4.78, 5) is 14.4. The highest BCUT2D eigenvalue weighted by atomic mass is 16.2. The van der Waals surface area contributed by atoms with E-state index in [1.54, 1.807) is 4.90 Å². The largest absolute Gasteiger partial charge is 0.337 e. The van der Waals surface area contributed by atoms with Crippen molar-refractivity contribution in [2.45, 2.75) is 25.6 Å². The molecule has 1 aliphatic rings. The third kappa shape index (κ3) is 1.99. The van der Waals surface area contributed by atoms with Crippen molar-refractivity contribution < 1.29 is 4.79 Å². The van der Waals surface area contributed by atoms with Gasteiger partial charge in [-0.1, -0.05) is 18.2 Å². The van der Waals surface area contributed by atoms with Crippen LogP contribution in [-0.4, -0.2) is 40.5 Å². The van der Waals surface area contributed by atoms with E-state index in [9.17, 15) is 4.79 Å². The molecular weight excluding hydrogens is 252 g/mol. The highest BCUT2D eigenvalue weighted by Crippen LogP contribution is 2.22. The number of hydrogen-bond donors (Lipinski definition) is 2. The molecule has 106 valence electrons. The predicted molar refractivity (Wildman–Crippen MR) is 79.5 cm³/mol. The molecule has 2 heterocycles. The first-order chi connectivity index (χ1) is 9.61. The number of likely N-dealkylation sites (tertiary alicyclic amines) is 1. The van der Waals surface area contributed by atoms with Crippen LogP contribution in [0.5, 0.6) is 0 Å². The Morgan fingerprint density at radius 2 is 1.90 bits per heavy atom. The fourth-order valence-corrected chi connectivity index (χ4v) is 2.91. The van der Waals surface area contributed by atoms with Crippen molar-refractivity contribution in [2.24, 2.45) is 11.5 Å².